The van der Waals surface area contributed by atoms with Crippen LogP contribution in [0.1, 0.15) is 50.4 Å². The van der Waals surface area contributed by atoms with E-state index < -0.39 is 27.3 Å². The van der Waals surface area contributed by atoms with E-state index in [4.69, 9.17) is 4.74 Å². The van der Waals surface area contributed by atoms with E-state index in [-0.39, 0.29) is 23.1 Å². The van der Waals surface area contributed by atoms with Crippen LogP contribution in [0, 0.1) is 17.1 Å². The molecule has 0 aliphatic carbocycles. The van der Waals surface area contributed by atoms with Crippen molar-refractivity contribution in [1.29, 1.82) is 5.26 Å². The van der Waals surface area contributed by atoms with Gasteiger partial charge in [-0.05, 0) is 72.4 Å². The molecule has 3 aromatic rings. The third-order valence-corrected chi connectivity index (χ3v) is 6.89. The molecule has 190 valence electrons. The number of benzene rings is 1. The fourth-order valence-corrected chi connectivity index (χ4v) is 4.64. The molecule has 0 aliphatic rings. The van der Waals surface area contributed by atoms with E-state index in [1.807, 2.05) is 33.8 Å². The van der Waals surface area contributed by atoms with E-state index in [1.54, 1.807) is 13.2 Å². The molecule has 0 bridgehead atoms. The van der Waals surface area contributed by atoms with Gasteiger partial charge < -0.3 is 4.74 Å². The molecule has 1 aromatic carbocycles. The molecule has 36 heavy (non-hydrogen) atoms. The summed E-state index contributed by atoms with van der Waals surface area (Å²) in [5.41, 5.74) is 1.46. The first-order valence-electron chi connectivity index (χ1n) is 11.2. The monoisotopic (exact) mass is 513 g/mol. The number of hydrogen-bond donors (Lipinski definition) is 1. The summed E-state index contributed by atoms with van der Waals surface area (Å²) in [7, 11) is -2.70. The number of carbonyl (C=O) groups excluding carboxylic acids is 1. The van der Waals surface area contributed by atoms with Gasteiger partial charge in [0.25, 0.3) is 10.0 Å². The van der Waals surface area contributed by atoms with Crippen molar-refractivity contribution in [3.05, 3.63) is 65.4 Å². The van der Waals surface area contributed by atoms with Gasteiger partial charge in [0.15, 0.2) is 5.03 Å². The maximum Gasteiger partial charge on any atom is 0.283 e. The highest BCUT2D eigenvalue weighted by Crippen LogP contribution is 2.32. The molecule has 0 atom stereocenters. The molecular weight excluding hydrogens is 485 g/mol. The summed E-state index contributed by atoms with van der Waals surface area (Å²) in [4.78, 5) is 16.9. The fourth-order valence-electron chi connectivity index (χ4n) is 3.71. The molecule has 0 saturated carbocycles. The molecule has 0 unspecified atom stereocenters. The number of aromatic nitrogens is 3. The summed E-state index contributed by atoms with van der Waals surface area (Å²) in [6.45, 7) is 7.66. The van der Waals surface area contributed by atoms with Crippen molar-refractivity contribution in [1.82, 2.24) is 19.5 Å². The number of rotatable bonds is 9. The van der Waals surface area contributed by atoms with Gasteiger partial charge >= 0.3 is 0 Å². The first kappa shape index (κ1) is 27.0. The number of nitriles is 1. The Morgan fingerprint density at radius 1 is 1.28 bits per heavy atom. The first-order chi connectivity index (χ1) is 16.8. The van der Waals surface area contributed by atoms with Crippen molar-refractivity contribution >= 4 is 15.9 Å². The number of carbonyl (C=O) groups is 1. The van der Waals surface area contributed by atoms with E-state index >= 15 is 0 Å². The van der Waals surface area contributed by atoms with E-state index in [9.17, 15) is 22.9 Å². The summed E-state index contributed by atoms with van der Waals surface area (Å²) < 4.78 is 49.0. The minimum Gasteiger partial charge on any atom is -0.377 e. The molecular formula is C25H28FN5O4S. The van der Waals surface area contributed by atoms with Crippen molar-refractivity contribution in [2.45, 2.75) is 57.2 Å². The number of ether oxygens (including phenoxy) is 1. The van der Waals surface area contributed by atoms with Crippen LogP contribution < -0.4 is 4.72 Å². The minimum atomic E-state index is -4.25. The predicted molar refractivity (Wildman–Crippen MR) is 131 cm³/mol. The number of sulfonamides is 1. The van der Waals surface area contributed by atoms with Gasteiger partial charge in [0.1, 0.15) is 17.6 Å². The molecule has 2 heterocycles. The van der Waals surface area contributed by atoms with Crippen molar-refractivity contribution in [3.8, 4) is 17.2 Å². The maximum atomic E-state index is 14.5. The summed E-state index contributed by atoms with van der Waals surface area (Å²) in [5, 5.41) is 13.0. The molecule has 0 fully saturated rings. The second kappa shape index (κ2) is 10.6. The van der Waals surface area contributed by atoms with Crippen LogP contribution in [0.3, 0.4) is 0 Å². The molecule has 9 nitrogen and oxygen atoms in total. The normalized spacial score (nSPS) is 11.9. The number of halogens is 1. The zero-order valence-electron chi connectivity index (χ0n) is 20.7. The van der Waals surface area contributed by atoms with Crippen LogP contribution in [0.2, 0.25) is 0 Å². The van der Waals surface area contributed by atoms with Gasteiger partial charge in [-0.2, -0.15) is 18.8 Å². The number of methoxy groups -OCH3 is 1. The van der Waals surface area contributed by atoms with Crippen molar-refractivity contribution in [2.24, 2.45) is 0 Å². The third kappa shape index (κ3) is 6.33. The molecule has 0 aliphatic heterocycles. The standard InChI is InChI=1S/C25H28FN5O4S/c1-16(2)20-11-18(26)12-21(17-6-8-28-19(10-17)14-27)22(20)13-23(32)30-36(33,34)24-7-9-31(29-24)15-25(3,4)35-5/h6-12,16H,13,15H2,1-5H3,(H,30,32). The molecule has 1 amide bonds. The van der Waals surface area contributed by atoms with Gasteiger partial charge in [0, 0.05) is 19.5 Å². The SMILES string of the molecule is COC(C)(C)Cn1ccc(S(=O)(=O)NC(=O)Cc2c(-c3ccnc(C#N)c3)cc(F)cc2C(C)C)n1. The summed E-state index contributed by atoms with van der Waals surface area (Å²) in [5.74, 6) is -1.47. The van der Waals surface area contributed by atoms with Gasteiger partial charge in [0.2, 0.25) is 5.91 Å². The van der Waals surface area contributed by atoms with Gasteiger partial charge in [-0.25, -0.2) is 14.1 Å². The number of pyridine rings is 1. The third-order valence-electron chi connectivity index (χ3n) is 5.63. The van der Waals surface area contributed by atoms with Crippen LogP contribution in [0.25, 0.3) is 11.1 Å². The molecule has 0 spiro atoms. The molecule has 2 aromatic heterocycles. The number of nitrogens with zero attached hydrogens (tertiary/aromatic N) is 4. The van der Waals surface area contributed by atoms with Crippen LogP contribution in [0.15, 0.2) is 47.8 Å². The average molecular weight is 514 g/mol. The lowest BCUT2D eigenvalue weighted by Crippen LogP contribution is -2.33. The highest BCUT2D eigenvalue weighted by molar-refractivity contribution is 7.90. The lowest BCUT2D eigenvalue weighted by molar-refractivity contribution is -0.118. The lowest BCUT2D eigenvalue weighted by Gasteiger charge is -2.22. The Morgan fingerprint density at radius 3 is 2.64 bits per heavy atom. The van der Waals surface area contributed by atoms with Crippen molar-refractivity contribution in [3.63, 3.8) is 0 Å². The molecule has 11 heteroatoms. The maximum absolute atomic E-state index is 14.5. The average Bonchev–Trinajstić information content (AvgIpc) is 3.28. The Balaban J connectivity index is 1.92. The van der Waals surface area contributed by atoms with Gasteiger partial charge in [0.05, 0.1) is 18.6 Å². The van der Waals surface area contributed by atoms with Gasteiger partial charge in [-0.1, -0.05) is 13.8 Å². The highest BCUT2D eigenvalue weighted by Gasteiger charge is 2.25. The number of hydrogen-bond acceptors (Lipinski definition) is 7. The summed E-state index contributed by atoms with van der Waals surface area (Å²) in [6.07, 6.45) is 2.58. The Hall–Kier alpha value is -3.62. The van der Waals surface area contributed by atoms with E-state index in [0.29, 0.717) is 28.8 Å². The molecule has 0 radical (unpaired) electrons. The Kier molecular flexibility index (Phi) is 7.91. The van der Waals surface area contributed by atoms with Crippen molar-refractivity contribution < 1.29 is 22.3 Å². The second-order valence-electron chi connectivity index (χ2n) is 9.24. The minimum absolute atomic E-state index is 0.132. The highest BCUT2D eigenvalue weighted by atomic mass is 32.2. The van der Waals surface area contributed by atoms with Crippen LogP contribution >= 0.6 is 0 Å². The van der Waals surface area contributed by atoms with Gasteiger partial charge in [-0.15, -0.1) is 0 Å². The molecule has 0 saturated heterocycles. The van der Waals surface area contributed by atoms with E-state index in [0.717, 1.165) is 0 Å². The number of nitrogens with one attached hydrogen (secondary N) is 1. The predicted octanol–water partition coefficient (Wildman–Crippen LogP) is 3.55. The largest absolute Gasteiger partial charge is 0.377 e. The zero-order chi connectivity index (χ0) is 26.7. The quantitative estimate of drug-likeness (QED) is 0.463. The molecule has 1 N–H and O–H groups in total. The smallest absolute Gasteiger partial charge is 0.283 e. The van der Waals surface area contributed by atoms with Crippen molar-refractivity contribution in [2.75, 3.05) is 7.11 Å². The van der Waals surface area contributed by atoms with Crippen LogP contribution in [-0.4, -0.2) is 41.8 Å². The zero-order valence-corrected chi connectivity index (χ0v) is 21.6. The summed E-state index contributed by atoms with van der Waals surface area (Å²) >= 11 is 0. The van der Waals surface area contributed by atoms with Crippen LogP contribution in [-0.2, 0) is 32.5 Å². The second-order valence-corrected chi connectivity index (χ2v) is 10.9. The van der Waals surface area contributed by atoms with E-state index in [2.05, 4.69) is 14.8 Å². The topological polar surface area (TPSA) is 127 Å². The Bertz CT molecular complexity index is 1420. The Morgan fingerprint density at radius 2 is 2.00 bits per heavy atom. The summed E-state index contributed by atoms with van der Waals surface area (Å²) in [6, 6.07) is 8.92. The fraction of sp³-hybridized carbons (Fsp3) is 0.360. The van der Waals surface area contributed by atoms with Crippen LogP contribution in [0.5, 0.6) is 0 Å². The lowest BCUT2D eigenvalue weighted by atomic mass is 9.88. The first-order valence-corrected chi connectivity index (χ1v) is 12.7. The van der Waals surface area contributed by atoms with Crippen LogP contribution in [0.4, 0.5) is 4.39 Å². The Labute approximate surface area is 210 Å². The molecule has 3 rings (SSSR count). The van der Waals surface area contributed by atoms with E-state index in [1.165, 1.54) is 41.3 Å². The number of amides is 1. The van der Waals surface area contributed by atoms with Gasteiger partial charge in [-0.3, -0.25) is 9.48 Å².